The Morgan fingerprint density at radius 2 is 1.61 bits per heavy atom. The number of carbonyl (C=O) groups is 2. The standard InChI is InChI=1S/C24H21Cl3N6O3/c1-12(34)28-29-21(35)18-19(22-30-31-23(36-22)24(2,3)4)32-33(17-10-9-15(26)11-16(17)27)20(18)13-5-7-14(25)8-6-13/h5-11H,1-4H3,(H,28,34)(H,29,35). The maximum atomic E-state index is 13.4. The lowest BCUT2D eigenvalue weighted by molar-refractivity contribution is -0.119. The van der Waals surface area contributed by atoms with Gasteiger partial charge < -0.3 is 4.42 Å². The van der Waals surface area contributed by atoms with Gasteiger partial charge in [0.25, 0.3) is 11.8 Å². The average Bonchev–Trinajstić information content (AvgIpc) is 3.43. The summed E-state index contributed by atoms with van der Waals surface area (Å²) < 4.78 is 7.41. The van der Waals surface area contributed by atoms with Crippen molar-refractivity contribution >= 4 is 46.6 Å². The first-order chi connectivity index (χ1) is 17.0. The second kappa shape index (κ2) is 9.93. The van der Waals surface area contributed by atoms with E-state index in [1.54, 1.807) is 42.5 Å². The van der Waals surface area contributed by atoms with E-state index in [1.807, 2.05) is 20.8 Å². The van der Waals surface area contributed by atoms with Crippen LogP contribution in [-0.4, -0.2) is 31.8 Å². The number of benzene rings is 2. The van der Waals surface area contributed by atoms with Crippen LogP contribution in [0.4, 0.5) is 0 Å². The summed E-state index contributed by atoms with van der Waals surface area (Å²) in [5, 5.41) is 14.2. The maximum Gasteiger partial charge on any atom is 0.274 e. The normalized spacial score (nSPS) is 11.4. The number of carbonyl (C=O) groups excluding carboxylic acids is 2. The summed E-state index contributed by atoms with van der Waals surface area (Å²) in [4.78, 5) is 25.0. The van der Waals surface area contributed by atoms with Crippen LogP contribution in [0.1, 0.15) is 43.9 Å². The third-order valence-electron chi connectivity index (χ3n) is 4.99. The highest BCUT2D eigenvalue weighted by atomic mass is 35.5. The minimum Gasteiger partial charge on any atom is -0.419 e. The van der Waals surface area contributed by atoms with Gasteiger partial charge in [-0.25, -0.2) is 4.68 Å². The molecule has 0 fully saturated rings. The number of nitrogens with one attached hydrogen (secondary N) is 2. The number of rotatable bonds is 4. The number of hydrogen-bond acceptors (Lipinski definition) is 6. The number of hydrogen-bond donors (Lipinski definition) is 2. The molecule has 0 saturated heterocycles. The lowest BCUT2D eigenvalue weighted by Crippen LogP contribution is -2.40. The third kappa shape index (κ3) is 5.23. The molecular formula is C24H21Cl3N6O3. The van der Waals surface area contributed by atoms with Crippen LogP contribution < -0.4 is 10.9 Å². The van der Waals surface area contributed by atoms with E-state index >= 15 is 0 Å². The Bertz CT molecular complexity index is 1460. The SMILES string of the molecule is CC(=O)NNC(=O)c1c(-c2nnc(C(C)(C)C)o2)nn(-c2ccc(Cl)cc2Cl)c1-c1ccc(Cl)cc1. The van der Waals surface area contributed by atoms with Crippen LogP contribution in [0, 0.1) is 0 Å². The minimum absolute atomic E-state index is 0.0203. The van der Waals surface area contributed by atoms with Crippen LogP contribution in [0.2, 0.25) is 15.1 Å². The monoisotopic (exact) mass is 546 g/mol. The summed E-state index contributed by atoms with van der Waals surface area (Å²) >= 11 is 18.8. The molecule has 2 N–H and O–H groups in total. The van der Waals surface area contributed by atoms with Crippen molar-refractivity contribution in [2.75, 3.05) is 0 Å². The number of amides is 2. The topological polar surface area (TPSA) is 115 Å². The molecule has 0 aliphatic rings. The van der Waals surface area contributed by atoms with Crippen LogP contribution in [0.3, 0.4) is 0 Å². The largest absolute Gasteiger partial charge is 0.419 e. The second-order valence-electron chi connectivity index (χ2n) is 8.88. The highest BCUT2D eigenvalue weighted by molar-refractivity contribution is 6.35. The van der Waals surface area contributed by atoms with E-state index in [-0.39, 0.29) is 17.1 Å². The number of nitrogens with zero attached hydrogens (tertiary/aromatic N) is 4. The number of hydrazine groups is 1. The van der Waals surface area contributed by atoms with Gasteiger partial charge in [0.15, 0.2) is 5.69 Å². The van der Waals surface area contributed by atoms with Crippen molar-refractivity contribution in [3.8, 4) is 28.5 Å². The molecule has 0 radical (unpaired) electrons. The predicted octanol–water partition coefficient (Wildman–Crippen LogP) is 5.63. The van der Waals surface area contributed by atoms with Crippen molar-refractivity contribution in [3.63, 3.8) is 0 Å². The quantitative estimate of drug-likeness (QED) is 0.320. The summed E-state index contributed by atoms with van der Waals surface area (Å²) in [7, 11) is 0. The van der Waals surface area contributed by atoms with E-state index in [2.05, 4.69) is 26.1 Å². The first-order valence-electron chi connectivity index (χ1n) is 10.7. The molecule has 12 heteroatoms. The summed E-state index contributed by atoms with van der Waals surface area (Å²) in [5.41, 5.74) is 5.81. The molecule has 2 heterocycles. The van der Waals surface area contributed by atoms with Gasteiger partial charge in [0.2, 0.25) is 11.8 Å². The Balaban J connectivity index is 2.04. The molecule has 4 rings (SSSR count). The van der Waals surface area contributed by atoms with Gasteiger partial charge in [-0.05, 0) is 30.3 Å². The van der Waals surface area contributed by atoms with E-state index in [0.29, 0.717) is 37.9 Å². The molecular weight excluding hydrogens is 527 g/mol. The summed E-state index contributed by atoms with van der Waals surface area (Å²) in [6.07, 6.45) is 0. The fraction of sp³-hybridized carbons (Fsp3) is 0.208. The molecule has 2 amide bonds. The fourth-order valence-electron chi connectivity index (χ4n) is 3.31. The van der Waals surface area contributed by atoms with Gasteiger partial charge in [-0.1, -0.05) is 67.7 Å². The molecule has 0 unspecified atom stereocenters. The van der Waals surface area contributed by atoms with Crippen LogP contribution in [0.15, 0.2) is 46.9 Å². The van der Waals surface area contributed by atoms with Crippen LogP contribution in [-0.2, 0) is 10.2 Å². The van der Waals surface area contributed by atoms with Crippen molar-refractivity contribution in [2.24, 2.45) is 0 Å². The Hall–Kier alpha value is -3.40. The van der Waals surface area contributed by atoms with E-state index < -0.39 is 17.2 Å². The van der Waals surface area contributed by atoms with Crippen LogP contribution in [0.5, 0.6) is 0 Å². The Morgan fingerprint density at radius 3 is 2.19 bits per heavy atom. The van der Waals surface area contributed by atoms with Gasteiger partial charge in [0.05, 0.1) is 16.4 Å². The molecule has 2 aromatic carbocycles. The summed E-state index contributed by atoms with van der Waals surface area (Å²) in [6.45, 7) is 7.02. The Morgan fingerprint density at radius 1 is 0.944 bits per heavy atom. The molecule has 0 aliphatic carbocycles. The maximum absolute atomic E-state index is 13.4. The molecule has 0 bridgehead atoms. The van der Waals surface area contributed by atoms with E-state index in [1.165, 1.54) is 11.6 Å². The zero-order valence-electron chi connectivity index (χ0n) is 19.7. The van der Waals surface area contributed by atoms with Gasteiger partial charge in [-0.3, -0.25) is 20.4 Å². The van der Waals surface area contributed by atoms with Crippen LogP contribution in [0.25, 0.3) is 28.5 Å². The van der Waals surface area contributed by atoms with Crippen molar-refractivity contribution < 1.29 is 14.0 Å². The fourth-order valence-corrected chi connectivity index (χ4v) is 3.93. The van der Waals surface area contributed by atoms with Gasteiger partial charge in [-0.2, -0.15) is 5.10 Å². The first-order valence-corrected chi connectivity index (χ1v) is 11.8. The Kier molecular flexibility index (Phi) is 7.08. The van der Waals surface area contributed by atoms with E-state index in [9.17, 15) is 9.59 Å². The Labute approximate surface area is 221 Å². The van der Waals surface area contributed by atoms with Crippen molar-refractivity contribution in [1.82, 2.24) is 30.8 Å². The molecule has 9 nitrogen and oxygen atoms in total. The van der Waals surface area contributed by atoms with Gasteiger partial charge in [0.1, 0.15) is 5.56 Å². The highest BCUT2D eigenvalue weighted by Crippen LogP contribution is 2.37. The van der Waals surface area contributed by atoms with Crippen molar-refractivity contribution in [1.29, 1.82) is 0 Å². The van der Waals surface area contributed by atoms with Gasteiger partial charge in [-0.15, -0.1) is 10.2 Å². The average molecular weight is 548 g/mol. The number of aromatic nitrogens is 4. The molecule has 2 aromatic heterocycles. The van der Waals surface area contributed by atoms with Crippen molar-refractivity contribution in [2.45, 2.75) is 33.1 Å². The molecule has 36 heavy (non-hydrogen) atoms. The molecule has 0 saturated carbocycles. The molecule has 0 spiro atoms. The third-order valence-corrected chi connectivity index (χ3v) is 5.78. The lowest BCUT2D eigenvalue weighted by atomic mass is 9.97. The molecule has 186 valence electrons. The zero-order valence-corrected chi connectivity index (χ0v) is 22.0. The summed E-state index contributed by atoms with van der Waals surface area (Å²) in [6, 6.07) is 11.7. The number of halogens is 3. The molecule has 0 aliphatic heterocycles. The molecule has 0 atom stereocenters. The second-order valence-corrected chi connectivity index (χ2v) is 10.2. The predicted molar refractivity (Wildman–Crippen MR) is 137 cm³/mol. The molecule has 4 aromatic rings. The lowest BCUT2D eigenvalue weighted by Gasteiger charge is -2.12. The summed E-state index contributed by atoms with van der Waals surface area (Å²) in [5.74, 6) is -0.735. The first kappa shape index (κ1) is 25.7. The van der Waals surface area contributed by atoms with E-state index in [4.69, 9.17) is 39.2 Å². The highest BCUT2D eigenvalue weighted by Gasteiger charge is 2.32. The minimum atomic E-state index is -0.656. The van der Waals surface area contributed by atoms with Gasteiger partial charge >= 0.3 is 0 Å². The van der Waals surface area contributed by atoms with Gasteiger partial charge in [0, 0.05) is 27.9 Å². The van der Waals surface area contributed by atoms with Crippen LogP contribution >= 0.6 is 34.8 Å². The van der Waals surface area contributed by atoms with Crippen molar-refractivity contribution in [3.05, 3.63) is 69.0 Å². The zero-order chi connectivity index (χ0) is 26.2. The van der Waals surface area contributed by atoms with E-state index in [0.717, 1.165) is 0 Å². The smallest absolute Gasteiger partial charge is 0.274 e.